The maximum Gasteiger partial charge on any atom is 0.261 e. The molecule has 134 valence electrons. The fourth-order valence-electron chi connectivity index (χ4n) is 3.18. The number of fused-ring (bicyclic) bond motifs is 1. The number of rotatable bonds is 7. The van der Waals surface area contributed by atoms with E-state index in [0.717, 1.165) is 29.7 Å². The molecule has 1 aromatic heterocycles. The average Bonchev–Trinajstić information content (AvgIpc) is 3.40. The summed E-state index contributed by atoms with van der Waals surface area (Å²) < 4.78 is 10.8. The Morgan fingerprint density at radius 2 is 1.88 bits per heavy atom. The number of methoxy groups -OCH3 is 1. The molecule has 1 amide bonds. The third-order valence-corrected chi connectivity index (χ3v) is 4.76. The first-order valence-electron chi connectivity index (χ1n) is 8.86. The van der Waals surface area contributed by atoms with Gasteiger partial charge in [-0.05, 0) is 54.8 Å². The average molecular weight is 350 g/mol. The zero-order chi connectivity index (χ0) is 17.9. The topological polar surface area (TPSA) is 54.6 Å². The molecule has 0 saturated heterocycles. The lowest BCUT2D eigenvalue weighted by Gasteiger charge is -2.23. The number of ether oxygens (including phenoxy) is 2. The molecule has 0 unspecified atom stereocenters. The smallest absolute Gasteiger partial charge is 0.261 e. The maximum absolute atomic E-state index is 12.8. The second-order valence-corrected chi connectivity index (χ2v) is 6.57. The Bertz CT molecular complexity index is 897. The predicted octanol–water partition coefficient (Wildman–Crippen LogP) is 3.75. The second kappa shape index (κ2) is 7.12. The van der Waals surface area contributed by atoms with Crippen LogP contribution in [0, 0.1) is 0 Å². The maximum atomic E-state index is 12.8. The van der Waals surface area contributed by atoms with Crippen LogP contribution in [0.2, 0.25) is 0 Å². The molecule has 1 aliphatic carbocycles. The number of nitrogens with zero attached hydrogens (tertiary/aromatic N) is 1. The van der Waals surface area contributed by atoms with Crippen molar-refractivity contribution in [3.63, 3.8) is 0 Å². The van der Waals surface area contributed by atoms with Crippen molar-refractivity contribution in [3.8, 4) is 11.5 Å². The standard InChI is InChI=1S/C21H22N2O3/c1-25-17-7-9-18(10-8-17)26-14-21(24)23(16-5-6-16)13-15-3-2-4-20-19(15)11-12-22-20/h2-4,7-12,16,22H,5-6,13-14H2,1H3. The highest BCUT2D eigenvalue weighted by atomic mass is 16.5. The first-order valence-corrected chi connectivity index (χ1v) is 8.86. The number of carbonyl (C=O) groups excluding carboxylic acids is 1. The summed E-state index contributed by atoms with van der Waals surface area (Å²) in [6.07, 6.45) is 4.07. The zero-order valence-electron chi connectivity index (χ0n) is 14.8. The number of carbonyl (C=O) groups is 1. The highest BCUT2D eigenvalue weighted by Crippen LogP contribution is 2.30. The van der Waals surface area contributed by atoms with Crippen LogP contribution in [-0.2, 0) is 11.3 Å². The molecule has 0 bridgehead atoms. The van der Waals surface area contributed by atoms with Crippen LogP contribution in [0.4, 0.5) is 0 Å². The van der Waals surface area contributed by atoms with Crippen LogP contribution in [0.15, 0.2) is 54.7 Å². The van der Waals surface area contributed by atoms with Crippen molar-refractivity contribution < 1.29 is 14.3 Å². The molecule has 0 atom stereocenters. The van der Waals surface area contributed by atoms with Gasteiger partial charge in [-0.2, -0.15) is 0 Å². The summed E-state index contributed by atoms with van der Waals surface area (Å²) in [5.41, 5.74) is 2.26. The number of hydrogen-bond acceptors (Lipinski definition) is 3. The van der Waals surface area contributed by atoms with E-state index in [2.05, 4.69) is 23.2 Å². The molecule has 4 rings (SSSR count). The van der Waals surface area contributed by atoms with Crippen molar-refractivity contribution in [2.75, 3.05) is 13.7 Å². The third kappa shape index (κ3) is 3.52. The first-order chi connectivity index (χ1) is 12.7. The van der Waals surface area contributed by atoms with Crippen molar-refractivity contribution in [1.29, 1.82) is 0 Å². The van der Waals surface area contributed by atoms with Gasteiger partial charge in [0.2, 0.25) is 0 Å². The Balaban J connectivity index is 1.44. The lowest BCUT2D eigenvalue weighted by atomic mass is 10.1. The summed E-state index contributed by atoms with van der Waals surface area (Å²) in [4.78, 5) is 17.9. The molecule has 3 aromatic rings. The number of hydrogen-bond donors (Lipinski definition) is 1. The predicted molar refractivity (Wildman–Crippen MR) is 100 cm³/mol. The summed E-state index contributed by atoms with van der Waals surface area (Å²) in [5, 5.41) is 1.17. The van der Waals surface area contributed by atoms with Gasteiger partial charge in [0.1, 0.15) is 11.5 Å². The second-order valence-electron chi connectivity index (χ2n) is 6.57. The Labute approximate surface area is 152 Å². The normalized spacial score (nSPS) is 13.6. The molecule has 0 spiro atoms. The van der Waals surface area contributed by atoms with Crippen LogP contribution in [-0.4, -0.2) is 35.5 Å². The van der Waals surface area contributed by atoms with Crippen molar-refractivity contribution >= 4 is 16.8 Å². The summed E-state index contributed by atoms with van der Waals surface area (Å²) in [6.45, 7) is 0.663. The summed E-state index contributed by atoms with van der Waals surface area (Å²) in [6, 6.07) is 15.8. The van der Waals surface area contributed by atoms with Crippen LogP contribution < -0.4 is 9.47 Å². The largest absolute Gasteiger partial charge is 0.497 e. The number of aromatic amines is 1. The number of nitrogens with one attached hydrogen (secondary N) is 1. The van der Waals surface area contributed by atoms with Gasteiger partial charge in [-0.3, -0.25) is 4.79 Å². The number of benzene rings is 2. The quantitative estimate of drug-likeness (QED) is 0.706. The Hall–Kier alpha value is -2.95. The molecule has 1 saturated carbocycles. The van der Waals surface area contributed by atoms with Gasteiger partial charge in [0.25, 0.3) is 5.91 Å². The van der Waals surface area contributed by atoms with Gasteiger partial charge in [0.05, 0.1) is 7.11 Å². The molecular formula is C21H22N2O3. The minimum atomic E-state index is 0.0239. The van der Waals surface area contributed by atoms with Crippen molar-refractivity contribution in [2.24, 2.45) is 0 Å². The Kier molecular flexibility index (Phi) is 4.52. The zero-order valence-corrected chi connectivity index (χ0v) is 14.8. The van der Waals surface area contributed by atoms with Gasteiger partial charge in [-0.1, -0.05) is 12.1 Å². The highest BCUT2D eigenvalue weighted by Gasteiger charge is 2.33. The van der Waals surface area contributed by atoms with E-state index in [1.165, 1.54) is 5.39 Å². The fraction of sp³-hybridized carbons (Fsp3) is 0.286. The minimum absolute atomic E-state index is 0.0239. The Morgan fingerprint density at radius 1 is 1.12 bits per heavy atom. The third-order valence-electron chi connectivity index (χ3n) is 4.76. The SMILES string of the molecule is COc1ccc(OCC(=O)N(Cc2cccc3[nH]ccc23)C2CC2)cc1. The highest BCUT2D eigenvalue weighted by molar-refractivity contribution is 5.84. The molecule has 1 aliphatic rings. The van der Waals surface area contributed by atoms with E-state index in [1.807, 2.05) is 41.4 Å². The van der Waals surface area contributed by atoms with Crippen LogP contribution >= 0.6 is 0 Å². The van der Waals surface area contributed by atoms with E-state index in [0.29, 0.717) is 18.3 Å². The van der Waals surface area contributed by atoms with Gasteiger partial charge >= 0.3 is 0 Å². The van der Waals surface area contributed by atoms with Crippen LogP contribution in [0.25, 0.3) is 10.9 Å². The summed E-state index contributed by atoms with van der Waals surface area (Å²) >= 11 is 0. The lowest BCUT2D eigenvalue weighted by molar-refractivity contribution is -0.134. The molecule has 1 N–H and O–H groups in total. The first kappa shape index (κ1) is 16.5. The molecule has 1 heterocycles. The van der Waals surface area contributed by atoms with Crippen molar-refractivity contribution in [3.05, 3.63) is 60.3 Å². The van der Waals surface area contributed by atoms with E-state index in [1.54, 1.807) is 7.11 Å². The van der Waals surface area contributed by atoms with E-state index in [-0.39, 0.29) is 12.5 Å². The molecule has 26 heavy (non-hydrogen) atoms. The van der Waals surface area contributed by atoms with Crippen LogP contribution in [0.1, 0.15) is 18.4 Å². The molecule has 5 heteroatoms. The molecule has 5 nitrogen and oxygen atoms in total. The number of H-pyrrole nitrogens is 1. The fourth-order valence-corrected chi connectivity index (χ4v) is 3.18. The van der Waals surface area contributed by atoms with E-state index < -0.39 is 0 Å². The van der Waals surface area contributed by atoms with E-state index in [4.69, 9.17) is 9.47 Å². The molecule has 0 radical (unpaired) electrons. The van der Waals surface area contributed by atoms with Gasteiger partial charge in [0.15, 0.2) is 6.61 Å². The van der Waals surface area contributed by atoms with Crippen molar-refractivity contribution in [1.82, 2.24) is 9.88 Å². The summed E-state index contributed by atoms with van der Waals surface area (Å²) in [5.74, 6) is 1.46. The monoisotopic (exact) mass is 350 g/mol. The van der Waals surface area contributed by atoms with Gasteiger partial charge < -0.3 is 19.4 Å². The van der Waals surface area contributed by atoms with Gasteiger partial charge in [-0.15, -0.1) is 0 Å². The van der Waals surface area contributed by atoms with Gasteiger partial charge in [-0.25, -0.2) is 0 Å². The van der Waals surface area contributed by atoms with E-state index in [9.17, 15) is 4.79 Å². The number of aromatic nitrogens is 1. The molecule has 0 aliphatic heterocycles. The summed E-state index contributed by atoms with van der Waals surface area (Å²) in [7, 11) is 1.62. The minimum Gasteiger partial charge on any atom is -0.497 e. The molecule has 1 fully saturated rings. The number of amides is 1. The van der Waals surface area contributed by atoms with Crippen LogP contribution in [0.3, 0.4) is 0 Å². The van der Waals surface area contributed by atoms with Crippen molar-refractivity contribution in [2.45, 2.75) is 25.4 Å². The van der Waals surface area contributed by atoms with E-state index >= 15 is 0 Å². The molecule has 2 aromatic carbocycles. The Morgan fingerprint density at radius 3 is 2.62 bits per heavy atom. The molecular weight excluding hydrogens is 328 g/mol. The lowest BCUT2D eigenvalue weighted by Crippen LogP contribution is -2.36. The van der Waals surface area contributed by atoms with Crippen LogP contribution in [0.5, 0.6) is 11.5 Å². The van der Waals surface area contributed by atoms with Gasteiger partial charge in [0, 0.05) is 29.7 Å².